The summed E-state index contributed by atoms with van der Waals surface area (Å²) in [5.41, 5.74) is 5.40. The molecule has 1 amide bonds. The molecule has 0 aliphatic carbocycles. The Morgan fingerprint density at radius 1 is 1.14 bits per heavy atom. The van der Waals surface area contributed by atoms with Gasteiger partial charge >= 0.3 is 0 Å². The molecule has 0 atom stereocenters. The lowest BCUT2D eigenvalue weighted by Gasteiger charge is -2.30. The minimum absolute atomic E-state index is 0.0912. The molecule has 1 heterocycles. The lowest BCUT2D eigenvalue weighted by Crippen LogP contribution is -2.35. The number of carbonyl (C=O) groups excluding carboxylic acids is 1. The van der Waals surface area contributed by atoms with Crippen LogP contribution >= 0.6 is 0 Å². The fraction of sp³-hybridized carbons (Fsp3) is 0.316. The normalized spacial score (nSPS) is 13.7. The second-order valence-electron chi connectivity index (χ2n) is 6.14. The van der Waals surface area contributed by atoms with Crippen molar-refractivity contribution in [2.75, 3.05) is 30.4 Å². The van der Waals surface area contributed by atoms with Gasteiger partial charge in [0.05, 0.1) is 0 Å². The summed E-state index contributed by atoms with van der Waals surface area (Å²) in [5, 5.41) is 0. The summed E-state index contributed by atoms with van der Waals surface area (Å²) in [6, 6.07) is 14.2. The number of rotatable bonds is 2. The fourth-order valence-electron chi connectivity index (χ4n) is 3.01. The van der Waals surface area contributed by atoms with Gasteiger partial charge in [-0.2, -0.15) is 0 Å². The molecule has 3 heteroatoms. The number of nitrogens with zero attached hydrogens (tertiary/aromatic N) is 2. The highest BCUT2D eigenvalue weighted by atomic mass is 16.2. The van der Waals surface area contributed by atoms with E-state index in [1.54, 1.807) is 0 Å². The molecular weight excluding hydrogens is 272 g/mol. The maximum atomic E-state index is 12.9. The van der Waals surface area contributed by atoms with E-state index in [1.807, 2.05) is 48.2 Å². The molecule has 0 fully saturated rings. The van der Waals surface area contributed by atoms with Crippen molar-refractivity contribution in [2.24, 2.45) is 0 Å². The fourth-order valence-corrected chi connectivity index (χ4v) is 3.01. The van der Waals surface area contributed by atoms with Crippen molar-refractivity contribution in [3.8, 4) is 0 Å². The zero-order chi connectivity index (χ0) is 15.7. The van der Waals surface area contributed by atoms with Crippen LogP contribution in [-0.2, 0) is 6.42 Å². The van der Waals surface area contributed by atoms with Crippen LogP contribution < -0.4 is 9.80 Å². The van der Waals surface area contributed by atoms with E-state index in [-0.39, 0.29) is 5.91 Å². The Morgan fingerprint density at radius 2 is 1.95 bits per heavy atom. The van der Waals surface area contributed by atoms with Crippen LogP contribution in [0, 0.1) is 6.92 Å². The van der Waals surface area contributed by atoms with Gasteiger partial charge in [-0.05, 0) is 49.6 Å². The first kappa shape index (κ1) is 14.6. The molecule has 3 rings (SSSR count). The molecule has 0 unspecified atom stereocenters. The maximum absolute atomic E-state index is 12.9. The number of carbonyl (C=O) groups is 1. The summed E-state index contributed by atoms with van der Waals surface area (Å²) >= 11 is 0. The highest BCUT2D eigenvalue weighted by molar-refractivity contribution is 6.07. The number of hydrogen-bond donors (Lipinski definition) is 0. The van der Waals surface area contributed by atoms with E-state index in [0.29, 0.717) is 0 Å². The molecule has 114 valence electrons. The number of benzene rings is 2. The van der Waals surface area contributed by atoms with Gasteiger partial charge < -0.3 is 9.80 Å². The van der Waals surface area contributed by atoms with Gasteiger partial charge in [0.15, 0.2) is 0 Å². The average Bonchev–Trinajstić information content (AvgIpc) is 2.53. The molecule has 22 heavy (non-hydrogen) atoms. The van der Waals surface area contributed by atoms with E-state index in [2.05, 4.69) is 25.1 Å². The summed E-state index contributed by atoms with van der Waals surface area (Å²) in [7, 11) is 3.98. The van der Waals surface area contributed by atoms with Crippen LogP contribution in [0.4, 0.5) is 11.4 Å². The van der Waals surface area contributed by atoms with E-state index in [9.17, 15) is 4.79 Å². The third-order valence-corrected chi connectivity index (χ3v) is 4.21. The molecule has 0 spiro atoms. The van der Waals surface area contributed by atoms with Crippen LogP contribution in [0.5, 0.6) is 0 Å². The number of amides is 1. The molecule has 0 saturated heterocycles. The molecule has 2 aromatic carbocycles. The second kappa shape index (κ2) is 5.84. The first-order chi connectivity index (χ1) is 10.6. The zero-order valence-electron chi connectivity index (χ0n) is 13.5. The lowest BCUT2D eigenvalue weighted by atomic mass is 9.98. The van der Waals surface area contributed by atoms with Crippen LogP contribution in [0.2, 0.25) is 0 Å². The van der Waals surface area contributed by atoms with Gasteiger partial charge in [-0.25, -0.2) is 0 Å². The largest absolute Gasteiger partial charge is 0.378 e. The molecule has 0 saturated carbocycles. The Labute approximate surface area is 132 Å². The molecule has 2 aromatic rings. The average molecular weight is 294 g/mol. The number of hydrogen-bond acceptors (Lipinski definition) is 2. The highest BCUT2D eigenvalue weighted by Gasteiger charge is 2.23. The molecule has 0 aromatic heterocycles. The summed E-state index contributed by atoms with van der Waals surface area (Å²) in [6.45, 7) is 2.89. The smallest absolute Gasteiger partial charge is 0.258 e. The summed E-state index contributed by atoms with van der Waals surface area (Å²) < 4.78 is 0. The SMILES string of the molecule is Cc1ccc2c(c1)CCCN2C(=O)c1cccc(N(C)C)c1. The predicted octanol–water partition coefficient (Wildman–Crippen LogP) is 3.65. The molecule has 0 bridgehead atoms. The van der Waals surface area contributed by atoms with Crippen molar-refractivity contribution in [2.45, 2.75) is 19.8 Å². The Hall–Kier alpha value is -2.29. The van der Waals surface area contributed by atoms with Crippen molar-refractivity contribution >= 4 is 17.3 Å². The minimum Gasteiger partial charge on any atom is -0.378 e. The van der Waals surface area contributed by atoms with Crippen molar-refractivity contribution < 1.29 is 4.79 Å². The number of fused-ring (bicyclic) bond motifs is 1. The zero-order valence-corrected chi connectivity index (χ0v) is 13.5. The Morgan fingerprint density at radius 3 is 2.73 bits per heavy atom. The summed E-state index contributed by atoms with van der Waals surface area (Å²) in [6.07, 6.45) is 2.08. The van der Waals surface area contributed by atoms with E-state index in [1.165, 1.54) is 11.1 Å². The van der Waals surface area contributed by atoms with Crippen LogP contribution in [0.25, 0.3) is 0 Å². The quantitative estimate of drug-likeness (QED) is 0.844. The summed E-state index contributed by atoms with van der Waals surface area (Å²) in [5.74, 6) is 0.0912. The van der Waals surface area contributed by atoms with Gasteiger partial charge in [0.2, 0.25) is 0 Å². The van der Waals surface area contributed by atoms with Gasteiger partial charge in [0.25, 0.3) is 5.91 Å². The Balaban J connectivity index is 1.95. The van der Waals surface area contributed by atoms with Gasteiger partial charge in [-0.1, -0.05) is 23.8 Å². The van der Waals surface area contributed by atoms with Gasteiger partial charge in [0, 0.05) is 37.6 Å². The standard InChI is InChI=1S/C19H22N2O/c1-14-9-10-18-15(12-14)7-5-11-21(18)19(22)16-6-4-8-17(13-16)20(2)3/h4,6,8-10,12-13H,5,7,11H2,1-3H3. The topological polar surface area (TPSA) is 23.6 Å². The number of anilines is 2. The van der Waals surface area contributed by atoms with E-state index in [0.717, 1.165) is 36.3 Å². The first-order valence-electron chi connectivity index (χ1n) is 7.75. The van der Waals surface area contributed by atoms with E-state index < -0.39 is 0 Å². The second-order valence-corrected chi connectivity index (χ2v) is 6.14. The highest BCUT2D eigenvalue weighted by Crippen LogP contribution is 2.29. The molecule has 1 aliphatic heterocycles. The van der Waals surface area contributed by atoms with Crippen LogP contribution in [0.15, 0.2) is 42.5 Å². The molecule has 1 aliphatic rings. The Bertz CT molecular complexity index is 706. The van der Waals surface area contributed by atoms with Crippen molar-refractivity contribution in [3.63, 3.8) is 0 Å². The first-order valence-corrected chi connectivity index (χ1v) is 7.75. The summed E-state index contributed by atoms with van der Waals surface area (Å²) in [4.78, 5) is 16.9. The van der Waals surface area contributed by atoms with Gasteiger partial charge in [-0.3, -0.25) is 4.79 Å². The molecule has 0 radical (unpaired) electrons. The molecule has 3 nitrogen and oxygen atoms in total. The third-order valence-electron chi connectivity index (χ3n) is 4.21. The van der Waals surface area contributed by atoms with Crippen molar-refractivity contribution in [1.82, 2.24) is 0 Å². The maximum Gasteiger partial charge on any atom is 0.258 e. The Kier molecular flexibility index (Phi) is 3.88. The van der Waals surface area contributed by atoms with Crippen molar-refractivity contribution in [1.29, 1.82) is 0 Å². The molecular formula is C19H22N2O. The van der Waals surface area contributed by atoms with Gasteiger partial charge in [-0.15, -0.1) is 0 Å². The monoisotopic (exact) mass is 294 g/mol. The van der Waals surface area contributed by atoms with E-state index >= 15 is 0 Å². The van der Waals surface area contributed by atoms with Crippen molar-refractivity contribution in [3.05, 3.63) is 59.2 Å². The number of aryl methyl sites for hydroxylation is 2. The molecule has 0 N–H and O–H groups in total. The van der Waals surface area contributed by atoms with E-state index in [4.69, 9.17) is 0 Å². The predicted molar refractivity (Wildman–Crippen MR) is 91.9 cm³/mol. The van der Waals surface area contributed by atoms with Gasteiger partial charge in [0.1, 0.15) is 0 Å². The lowest BCUT2D eigenvalue weighted by molar-refractivity contribution is 0.0985. The van der Waals surface area contributed by atoms with Crippen LogP contribution in [0.3, 0.4) is 0 Å². The van der Waals surface area contributed by atoms with Crippen LogP contribution in [-0.4, -0.2) is 26.5 Å². The van der Waals surface area contributed by atoms with Crippen LogP contribution in [0.1, 0.15) is 27.9 Å². The minimum atomic E-state index is 0.0912. The third kappa shape index (κ3) is 2.71.